The summed E-state index contributed by atoms with van der Waals surface area (Å²) in [5.41, 5.74) is 3.68. The van der Waals surface area contributed by atoms with Gasteiger partial charge in [-0.2, -0.15) is 0 Å². The number of hydrogen-bond acceptors (Lipinski definition) is 3. The zero-order chi connectivity index (χ0) is 21.7. The monoisotopic (exact) mass is 376 g/mol. The molecule has 2 aromatic carbocycles. The molecule has 0 aliphatic heterocycles. The molecule has 0 amide bonds. The number of ether oxygens (including phenoxy) is 2. The van der Waals surface area contributed by atoms with Crippen LogP contribution in [0.1, 0.15) is 72.1 Å². The lowest BCUT2D eigenvalue weighted by atomic mass is 10.0. The molecular weight excluding hydrogens is 336 g/mol. The molecule has 154 valence electrons. The number of aryl methyl sites for hydroxylation is 1. The molecular formula is C24H40O3. The summed E-state index contributed by atoms with van der Waals surface area (Å²) in [6.45, 7) is 18.1. The van der Waals surface area contributed by atoms with E-state index in [-0.39, 0.29) is 0 Å². The van der Waals surface area contributed by atoms with E-state index in [0.717, 1.165) is 6.42 Å². The van der Waals surface area contributed by atoms with Crippen LogP contribution in [0.3, 0.4) is 0 Å². The van der Waals surface area contributed by atoms with Crippen molar-refractivity contribution in [3.8, 4) is 5.75 Å². The molecule has 0 fully saturated rings. The highest BCUT2D eigenvalue weighted by Crippen LogP contribution is 2.16. The molecule has 0 aromatic heterocycles. The van der Waals surface area contributed by atoms with E-state index in [0.29, 0.717) is 5.75 Å². The zero-order valence-corrected chi connectivity index (χ0v) is 19.1. The van der Waals surface area contributed by atoms with E-state index in [4.69, 9.17) is 4.74 Å². The van der Waals surface area contributed by atoms with Gasteiger partial charge in [-0.15, -0.1) is 0 Å². The summed E-state index contributed by atoms with van der Waals surface area (Å²) >= 11 is 0. The number of rotatable bonds is 3. The molecule has 27 heavy (non-hydrogen) atoms. The zero-order valence-electron chi connectivity index (χ0n) is 19.1. The van der Waals surface area contributed by atoms with Gasteiger partial charge in [0.15, 0.2) is 0 Å². The molecule has 2 rings (SSSR count). The van der Waals surface area contributed by atoms with Gasteiger partial charge in [-0.3, -0.25) is 0 Å². The maximum Gasteiger partial charge on any atom is 0.513 e. The van der Waals surface area contributed by atoms with E-state index < -0.39 is 6.16 Å². The number of carbonyl (C=O) groups excluding carboxylic acids is 1. The van der Waals surface area contributed by atoms with Crippen molar-refractivity contribution in [2.75, 3.05) is 7.11 Å². The summed E-state index contributed by atoms with van der Waals surface area (Å²) < 4.78 is 9.35. The Morgan fingerprint density at radius 1 is 0.704 bits per heavy atom. The Kier molecular flexibility index (Phi) is 23.7. The molecule has 0 heterocycles. The predicted octanol–water partition coefficient (Wildman–Crippen LogP) is 7.84. The highest BCUT2D eigenvalue weighted by molar-refractivity contribution is 5.63. The van der Waals surface area contributed by atoms with Crippen LogP contribution in [0.5, 0.6) is 5.75 Å². The minimum Gasteiger partial charge on any atom is -0.437 e. The van der Waals surface area contributed by atoms with E-state index >= 15 is 0 Å². The lowest BCUT2D eigenvalue weighted by molar-refractivity contribution is 0.121. The summed E-state index contributed by atoms with van der Waals surface area (Å²) in [4.78, 5) is 10.9. The molecule has 3 heteroatoms. The lowest BCUT2D eigenvalue weighted by Gasteiger charge is -2.05. The van der Waals surface area contributed by atoms with Gasteiger partial charge in [-0.1, -0.05) is 97.4 Å². The third-order valence-corrected chi connectivity index (χ3v) is 2.82. The van der Waals surface area contributed by atoms with Crippen LogP contribution >= 0.6 is 0 Å². The van der Waals surface area contributed by atoms with Crippen molar-refractivity contribution in [3.63, 3.8) is 0 Å². The van der Waals surface area contributed by atoms with Crippen LogP contribution in [0, 0.1) is 6.92 Å². The fourth-order valence-corrected chi connectivity index (χ4v) is 1.75. The maximum atomic E-state index is 10.9. The molecule has 0 saturated carbocycles. The van der Waals surface area contributed by atoms with Crippen LogP contribution in [0.4, 0.5) is 4.79 Å². The number of methoxy groups -OCH3 is 1. The van der Waals surface area contributed by atoms with Crippen molar-refractivity contribution in [3.05, 3.63) is 65.2 Å². The summed E-state index contributed by atoms with van der Waals surface area (Å²) in [6.07, 6.45) is 0.157. The number of carbonyl (C=O) groups is 1. The Labute approximate surface area is 167 Å². The molecule has 0 spiro atoms. The van der Waals surface area contributed by atoms with Crippen LogP contribution in [-0.2, 0) is 11.2 Å². The molecule has 2 aromatic rings. The van der Waals surface area contributed by atoms with E-state index in [1.54, 1.807) is 12.1 Å². The maximum absolute atomic E-state index is 10.9. The van der Waals surface area contributed by atoms with Crippen molar-refractivity contribution in [2.45, 2.75) is 68.7 Å². The van der Waals surface area contributed by atoms with E-state index in [2.05, 4.69) is 35.9 Å². The second kappa shape index (κ2) is 21.8. The standard InChI is InChI=1S/C16H16O3.4C2H6/c1-12-3-5-13(6-4-12)11-14-7-9-15(10-8-14)19-16(17)18-2;4*1-2/h3-10H,11H2,1-2H3;4*1-2H3. The molecule has 3 nitrogen and oxygen atoms in total. The predicted molar refractivity (Wildman–Crippen MR) is 119 cm³/mol. The first-order valence-electron chi connectivity index (χ1n) is 10.1. The Morgan fingerprint density at radius 3 is 1.44 bits per heavy atom. The topological polar surface area (TPSA) is 35.5 Å². The van der Waals surface area contributed by atoms with Crippen molar-refractivity contribution in [1.82, 2.24) is 0 Å². The van der Waals surface area contributed by atoms with E-state index in [1.807, 2.05) is 67.5 Å². The molecule has 0 saturated heterocycles. The van der Waals surface area contributed by atoms with Gasteiger partial charge in [0.1, 0.15) is 5.75 Å². The fourth-order valence-electron chi connectivity index (χ4n) is 1.75. The first kappa shape index (κ1) is 29.5. The average Bonchev–Trinajstić information content (AvgIpc) is 2.77. The van der Waals surface area contributed by atoms with Gasteiger partial charge in [-0.05, 0) is 36.6 Å². The summed E-state index contributed by atoms with van der Waals surface area (Å²) in [5.74, 6) is 0.486. The lowest BCUT2D eigenvalue weighted by Crippen LogP contribution is -2.07. The van der Waals surface area contributed by atoms with Crippen LogP contribution in [0.25, 0.3) is 0 Å². The van der Waals surface area contributed by atoms with Crippen molar-refractivity contribution in [1.29, 1.82) is 0 Å². The van der Waals surface area contributed by atoms with E-state index in [9.17, 15) is 4.79 Å². The van der Waals surface area contributed by atoms with Crippen LogP contribution in [0.2, 0.25) is 0 Å². The molecule has 0 radical (unpaired) electrons. The minimum absolute atomic E-state index is 0.486. The first-order valence-corrected chi connectivity index (χ1v) is 10.1. The van der Waals surface area contributed by atoms with E-state index in [1.165, 1.54) is 23.8 Å². The highest BCUT2D eigenvalue weighted by Gasteiger charge is 2.03. The molecule has 0 N–H and O–H groups in total. The van der Waals surface area contributed by atoms with Gasteiger partial charge < -0.3 is 9.47 Å². The highest BCUT2D eigenvalue weighted by atomic mass is 16.7. The minimum atomic E-state index is -0.703. The Morgan fingerprint density at radius 2 is 1.07 bits per heavy atom. The van der Waals surface area contributed by atoms with Gasteiger partial charge >= 0.3 is 6.16 Å². The van der Waals surface area contributed by atoms with Gasteiger partial charge in [0, 0.05) is 0 Å². The molecule has 0 aliphatic rings. The smallest absolute Gasteiger partial charge is 0.437 e. The number of hydrogen-bond donors (Lipinski definition) is 0. The molecule has 0 aliphatic carbocycles. The molecule has 0 unspecified atom stereocenters. The summed E-state index contributed by atoms with van der Waals surface area (Å²) in [7, 11) is 1.29. The summed E-state index contributed by atoms with van der Waals surface area (Å²) in [5, 5.41) is 0. The second-order valence-corrected chi connectivity index (χ2v) is 4.36. The SMILES string of the molecule is CC.CC.CC.CC.COC(=O)Oc1ccc(Cc2ccc(C)cc2)cc1. The Bertz CT molecular complexity index is 543. The van der Waals surface area contributed by atoms with Crippen molar-refractivity contribution < 1.29 is 14.3 Å². The first-order chi connectivity index (χ1) is 13.2. The average molecular weight is 377 g/mol. The van der Waals surface area contributed by atoms with Crippen molar-refractivity contribution >= 4 is 6.16 Å². The van der Waals surface area contributed by atoms with Gasteiger partial charge in [-0.25, -0.2) is 4.79 Å². The summed E-state index contributed by atoms with van der Waals surface area (Å²) in [6, 6.07) is 15.9. The third-order valence-electron chi connectivity index (χ3n) is 2.82. The molecule has 0 atom stereocenters. The normalized spacial score (nSPS) is 7.93. The Balaban J connectivity index is -0.000000638. The van der Waals surface area contributed by atoms with Gasteiger partial charge in [0.2, 0.25) is 0 Å². The van der Waals surface area contributed by atoms with Crippen molar-refractivity contribution in [2.24, 2.45) is 0 Å². The second-order valence-electron chi connectivity index (χ2n) is 4.36. The Hall–Kier alpha value is -2.29. The van der Waals surface area contributed by atoms with Gasteiger partial charge in [0.05, 0.1) is 7.11 Å². The fraction of sp³-hybridized carbons (Fsp3) is 0.458. The van der Waals surface area contributed by atoms with Gasteiger partial charge in [0.25, 0.3) is 0 Å². The van der Waals surface area contributed by atoms with Crippen LogP contribution < -0.4 is 4.74 Å². The largest absolute Gasteiger partial charge is 0.513 e. The third kappa shape index (κ3) is 14.6. The van der Waals surface area contributed by atoms with Crippen LogP contribution in [-0.4, -0.2) is 13.3 Å². The van der Waals surface area contributed by atoms with Crippen LogP contribution in [0.15, 0.2) is 48.5 Å². The number of benzene rings is 2. The quantitative estimate of drug-likeness (QED) is 0.404. The molecule has 0 bridgehead atoms.